The molecule has 0 amide bonds. The summed E-state index contributed by atoms with van der Waals surface area (Å²) in [6.07, 6.45) is 6.04. The molecule has 17 heavy (non-hydrogen) atoms. The summed E-state index contributed by atoms with van der Waals surface area (Å²) in [5.74, 6) is 0. The number of hydrogen-bond donors (Lipinski definition) is 0. The maximum absolute atomic E-state index is 4.42. The second kappa shape index (κ2) is 4.52. The van der Waals surface area contributed by atoms with Crippen molar-refractivity contribution in [1.82, 2.24) is 4.98 Å². The molecule has 2 heteroatoms. The summed E-state index contributed by atoms with van der Waals surface area (Å²) >= 11 is 1.74. The van der Waals surface area contributed by atoms with E-state index in [-0.39, 0.29) is 0 Å². The number of hydrogen-bond acceptors (Lipinski definition) is 2. The zero-order valence-corrected chi connectivity index (χ0v) is 10.0. The van der Waals surface area contributed by atoms with Crippen molar-refractivity contribution in [2.24, 2.45) is 0 Å². The van der Waals surface area contributed by atoms with Gasteiger partial charge in [0.2, 0.25) is 0 Å². The molecule has 82 valence electrons. The Labute approximate surface area is 104 Å². The minimum absolute atomic E-state index is 1.04. The molecule has 1 aromatic carbocycles. The van der Waals surface area contributed by atoms with E-state index in [2.05, 4.69) is 40.7 Å². The predicted molar refractivity (Wildman–Crippen MR) is 75.0 cm³/mol. The first-order valence-electron chi connectivity index (χ1n) is 5.49. The molecule has 0 aliphatic rings. The average molecular weight is 237 g/mol. The van der Waals surface area contributed by atoms with Crippen molar-refractivity contribution in [3.05, 3.63) is 65.3 Å². The number of aromatic nitrogens is 1. The van der Waals surface area contributed by atoms with Crippen molar-refractivity contribution in [2.75, 3.05) is 0 Å². The van der Waals surface area contributed by atoms with Crippen LogP contribution in [0.5, 0.6) is 0 Å². The summed E-state index contributed by atoms with van der Waals surface area (Å²) in [5, 5.41) is 3.37. The number of fused-ring (bicyclic) bond motifs is 1. The topological polar surface area (TPSA) is 12.9 Å². The van der Waals surface area contributed by atoms with E-state index in [4.69, 9.17) is 0 Å². The monoisotopic (exact) mass is 237 g/mol. The molecule has 0 aliphatic carbocycles. The Morgan fingerprint density at radius 3 is 2.71 bits per heavy atom. The molecule has 3 rings (SSSR count). The lowest BCUT2D eigenvalue weighted by Gasteiger charge is -1.95. The van der Waals surface area contributed by atoms with Crippen molar-refractivity contribution < 1.29 is 0 Å². The molecule has 0 N–H and O–H groups in total. The van der Waals surface area contributed by atoms with Gasteiger partial charge in [-0.05, 0) is 34.5 Å². The van der Waals surface area contributed by atoms with E-state index in [0.717, 1.165) is 5.69 Å². The van der Waals surface area contributed by atoms with Gasteiger partial charge in [0.15, 0.2) is 0 Å². The number of nitrogens with zero attached hydrogens (tertiary/aromatic N) is 1. The minimum Gasteiger partial charge on any atom is -0.255 e. The number of benzene rings is 1. The van der Waals surface area contributed by atoms with Gasteiger partial charge in [-0.1, -0.05) is 36.4 Å². The van der Waals surface area contributed by atoms with Gasteiger partial charge in [0, 0.05) is 6.20 Å². The predicted octanol–water partition coefficient (Wildman–Crippen LogP) is 4.47. The smallest absolute Gasteiger partial charge is 0.0807 e. The zero-order chi connectivity index (χ0) is 11.5. The van der Waals surface area contributed by atoms with Crippen molar-refractivity contribution in [3.8, 4) is 0 Å². The minimum atomic E-state index is 1.04. The van der Waals surface area contributed by atoms with Crippen molar-refractivity contribution in [3.63, 3.8) is 0 Å². The highest BCUT2D eigenvalue weighted by molar-refractivity contribution is 7.17. The van der Waals surface area contributed by atoms with Gasteiger partial charge in [-0.3, -0.25) is 4.98 Å². The van der Waals surface area contributed by atoms with Crippen molar-refractivity contribution in [2.45, 2.75) is 0 Å². The second-order valence-electron chi connectivity index (χ2n) is 3.78. The van der Waals surface area contributed by atoms with Crippen LogP contribution in [-0.2, 0) is 0 Å². The largest absolute Gasteiger partial charge is 0.255 e. The van der Waals surface area contributed by atoms with Gasteiger partial charge in [0.05, 0.1) is 10.4 Å². The summed E-state index contributed by atoms with van der Waals surface area (Å²) in [5.41, 5.74) is 2.24. The van der Waals surface area contributed by atoms with E-state index < -0.39 is 0 Å². The van der Waals surface area contributed by atoms with Crippen LogP contribution in [-0.4, -0.2) is 4.98 Å². The first-order chi connectivity index (χ1) is 8.43. The molecular weight excluding hydrogens is 226 g/mol. The van der Waals surface area contributed by atoms with E-state index in [0.29, 0.717) is 0 Å². The SMILES string of the molecule is C(=Cc1nccc2ccsc12)c1ccccc1. The first-order valence-corrected chi connectivity index (χ1v) is 6.37. The van der Waals surface area contributed by atoms with Crippen molar-refractivity contribution >= 4 is 33.6 Å². The van der Waals surface area contributed by atoms with E-state index in [1.54, 1.807) is 11.3 Å². The molecule has 0 unspecified atom stereocenters. The Balaban J connectivity index is 2.00. The van der Waals surface area contributed by atoms with Gasteiger partial charge in [0.1, 0.15) is 0 Å². The molecule has 0 atom stereocenters. The Hall–Kier alpha value is -1.93. The first kappa shape index (κ1) is 10.2. The lowest BCUT2D eigenvalue weighted by atomic mass is 10.2. The molecule has 0 spiro atoms. The molecule has 1 nitrogen and oxygen atoms in total. The van der Waals surface area contributed by atoms with Crippen LogP contribution in [0.4, 0.5) is 0 Å². The van der Waals surface area contributed by atoms with E-state index in [1.807, 2.05) is 30.5 Å². The Morgan fingerprint density at radius 1 is 0.941 bits per heavy atom. The van der Waals surface area contributed by atoms with Crippen LogP contribution >= 0.6 is 11.3 Å². The highest BCUT2D eigenvalue weighted by atomic mass is 32.1. The lowest BCUT2D eigenvalue weighted by molar-refractivity contribution is 1.34. The zero-order valence-electron chi connectivity index (χ0n) is 9.21. The van der Waals surface area contributed by atoms with Gasteiger partial charge in [-0.15, -0.1) is 11.3 Å². The normalized spacial score (nSPS) is 11.3. The average Bonchev–Trinajstić information content (AvgIpc) is 2.86. The van der Waals surface area contributed by atoms with Crippen molar-refractivity contribution in [1.29, 1.82) is 0 Å². The molecule has 0 saturated heterocycles. The van der Waals surface area contributed by atoms with Gasteiger partial charge in [-0.25, -0.2) is 0 Å². The number of rotatable bonds is 2. The lowest BCUT2D eigenvalue weighted by Crippen LogP contribution is -1.79. The molecule has 2 heterocycles. The summed E-state index contributed by atoms with van der Waals surface area (Å²) in [6, 6.07) is 14.5. The Kier molecular flexibility index (Phi) is 2.72. The van der Waals surface area contributed by atoms with Crippen LogP contribution in [0.1, 0.15) is 11.3 Å². The summed E-state index contributed by atoms with van der Waals surface area (Å²) in [4.78, 5) is 4.42. The third-order valence-electron chi connectivity index (χ3n) is 2.63. The highest BCUT2D eigenvalue weighted by Gasteiger charge is 1.99. The Morgan fingerprint density at radius 2 is 1.82 bits per heavy atom. The van der Waals surface area contributed by atoms with Crippen LogP contribution in [0.2, 0.25) is 0 Å². The summed E-state index contributed by atoms with van der Waals surface area (Å²) < 4.78 is 1.25. The molecular formula is C15H11NS. The van der Waals surface area contributed by atoms with Gasteiger partial charge in [-0.2, -0.15) is 0 Å². The molecule has 0 radical (unpaired) electrons. The molecule has 0 saturated carbocycles. The number of thiophene rings is 1. The molecule has 0 aliphatic heterocycles. The fraction of sp³-hybridized carbons (Fsp3) is 0. The molecule has 0 bridgehead atoms. The molecule has 3 aromatic rings. The van der Waals surface area contributed by atoms with Crippen LogP contribution < -0.4 is 0 Å². The van der Waals surface area contributed by atoms with Crippen LogP contribution in [0.15, 0.2) is 54.0 Å². The van der Waals surface area contributed by atoms with E-state index in [1.165, 1.54) is 15.6 Å². The van der Waals surface area contributed by atoms with E-state index >= 15 is 0 Å². The van der Waals surface area contributed by atoms with Gasteiger partial charge < -0.3 is 0 Å². The quantitative estimate of drug-likeness (QED) is 0.641. The van der Waals surface area contributed by atoms with E-state index in [9.17, 15) is 0 Å². The summed E-state index contributed by atoms with van der Waals surface area (Å²) in [6.45, 7) is 0. The molecule has 2 aromatic heterocycles. The maximum Gasteiger partial charge on any atom is 0.0807 e. The third kappa shape index (κ3) is 2.12. The molecule has 0 fully saturated rings. The Bertz CT molecular complexity index is 653. The van der Waals surface area contributed by atoms with Crippen LogP contribution in [0.3, 0.4) is 0 Å². The highest BCUT2D eigenvalue weighted by Crippen LogP contribution is 2.24. The second-order valence-corrected chi connectivity index (χ2v) is 4.70. The number of pyridine rings is 1. The maximum atomic E-state index is 4.42. The van der Waals surface area contributed by atoms with Crippen LogP contribution in [0.25, 0.3) is 22.2 Å². The van der Waals surface area contributed by atoms with Crippen LogP contribution in [0, 0.1) is 0 Å². The standard InChI is InChI=1S/C15H11NS/c1-2-4-12(5-3-1)6-7-14-15-13(8-10-16-14)9-11-17-15/h1-11H. The fourth-order valence-electron chi connectivity index (χ4n) is 1.77. The van der Waals surface area contributed by atoms with Gasteiger partial charge in [0.25, 0.3) is 0 Å². The summed E-state index contributed by atoms with van der Waals surface area (Å²) in [7, 11) is 0. The van der Waals surface area contributed by atoms with Gasteiger partial charge >= 0.3 is 0 Å². The third-order valence-corrected chi connectivity index (χ3v) is 3.58. The fourth-order valence-corrected chi connectivity index (χ4v) is 2.64.